The molecular weight excluding hydrogens is 198 g/mol. The van der Waals surface area contributed by atoms with Crippen LogP contribution in [0.25, 0.3) is 0 Å². The first-order valence-corrected chi connectivity index (χ1v) is 5.80. The van der Waals surface area contributed by atoms with E-state index >= 15 is 0 Å². The normalized spacial score (nSPS) is 14.6. The Bertz CT molecular complexity index is 416. The molecule has 1 aromatic carbocycles. The number of anilines is 1. The van der Waals surface area contributed by atoms with Crippen LogP contribution in [0.3, 0.4) is 0 Å². The third kappa shape index (κ3) is 2.02. The lowest BCUT2D eigenvalue weighted by Gasteiger charge is -2.24. The Hall–Kier alpha value is -1.53. The number of hydrogen-bond acceptors (Lipinski definition) is 3. The van der Waals surface area contributed by atoms with Crippen LogP contribution in [0.5, 0.6) is 0 Å². The van der Waals surface area contributed by atoms with Crippen LogP contribution in [-0.4, -0.2) is 12.6 Å². The highest BCUT2D eigenvalue weighted by Crippen LogP contribution is 2.33. The number of nitrogens with zero attached hydrogens (tertiary/aromatic N) is 2. The van der Waals surface area contributed by atoms with Gasteiger partial charge in [0.25, 0.3) is 0 Å². The number of rotatable bonds is 4. The monoisotopic (exact) mass is 215 g/mol. The summed E-state index contributed by atoms with van der Waals surface area (Å²) in [6.07, 6.45) is 2.49. The van der Waals surface area contributed by atoms with Crippen LogP contribution in [0.2, 0.25) is 0 Å². The second-order valence-electron chi connectivity index (χ2n) is 4.18. The van der Waals surface area contributed by atoms with E-state index in [9.17, 15) is 0 Å². The summed E-state index contributed by atoms with van der Waals surface area (Å²) in [6, 6.07) is 8.86. The van der Waals surface area contributed by atoms with Crippen molar-refractivity contribution in [3.63, 3.8) is 0 Å². The Labute approximate surface area is 96.5 Å². The molecule has 2 rings (SSSR count). The summed E-state index contributed by atoms with van der Waals surface area (Å²) in [5.74, 6) is 0. The molecule has 1 aromatic rings. The van der Waals surface area contributed by atoms with Gasteiger partial charge in [-0.25, -0.2) is 0 Å². The Kier molecular flexibility index (Phi) is 3.12. The van der Waals surface area contributed by atoms with E-state index < -0.39 is 0 Å². The van der Waals surface area contributed by atoms with Crippen molar-refractivity contribution in [2.24, 2.45) is 5.73 Å². The zero-order chi connectivity index (χ0) is 11.5. The zero-order valence-corrected chi connectivity index (χ0v) is 9.61. The summed E-state index contributed by atoms with van der Waals surface area (Å²) in [4.78, 5) is 2.32. The average Bonchev–Trinajstić information content (AvgIpc) is 3.15. The van der Waals surface area contributed by atoms with Gasteiger partial charge < -0.3 is 10.6 Å². The van der Waals surface area contributed by atoms with E-state index in [0.717, 1.165) is 23.4 Å². The maximum atomic E-state index is 9.17. The molecule has 1 aliphatic carbocycles. The van der Waals surface area contributed by atoms with Gasteiger partial charge in [-0.15, -0.1) is 0 Å². The fourth-order valence-electron chi connectivity index (χ4n) is 2.06. The van der Waals surface area contributed by atoms with Crippen LogP contribution < -0.4 is 10.6 Å². The van der Waals surface area contributed by atoms with Crippen molar-refractivity contribution in [1.29, 1.82) is 5.26 Å². The Morgan fingerprint density at radius 2 is 2.25 bits per heavy atom. The van der Waals surface area contributed by atoms with E-state index in [2.05, 4.69) is 17.9 Å². The number of benzene rings is 1. The van der Waals surface area contributed by atoms with Crippen molar-refractivity contribution >= 4 is 5.69 Å². The van der Waals surface area contributed by atoms with Crippen LogP contribution >= 0.6 is 0 Å². The molecule has 0 unspecified atom stereocenters. The molecule has 3 heteroatoms. The maximum Gasteiger partial charge on any atom is 0.101 e. The fraction of sp³-hybridized carbons (Fsp3) is 0.462. The van der Waals surface area contributed by atoms with Crippen LogP contribution in [0.1, 0.15) is 30.9 Å². The molecule has 0 amide bonds. The molecule has 0 aliphatic heterocycles. The second kappa shape index (κ2) is 4.54. The predicted molar refractivity (Wildman–Crippen MR) is 65.1 cm³/mol. The summed E-state index contributed by atoms with van der Waals surface area (Å²) in [5, 5.41) is 9.17. The minimum atomic E-state index is 0.491. The Morgan fingerprint density at radius 1 is 1.50 bits per heavy atom. The van der Waals surface area contributed by atoms with Gasteiger partial charge in [-0.3, -0.25) is 0 Å². The Balaban J connectivity index is 2.35. The first-order chi connectivity index (χ1) is 7.80. The lowest BCUT2D eigenvalue weighted by molar-refractivity contribution is 0.824. The van der Waals surface area contributed by atoms with Crippen molar-refractivity contribution in [1.82, 2.24) is 0 Å². The third-order valence-corrected chi connectivity index (χ3v) is 3.05. The van der Waals surface area contributed by atoms with E-state index in [-0.39, 0.29) is 0 Å². The summed E-state index contributed by atoms with van der Waals surface area (Å²) in [5.41, 5.74) is 8.41. The molecule has 1 saturated carbocycles. The van der Waals surface area contributed by atoms with Crippen molar-refractivity contribution < 1.29 is 0 Å². The molecule has 0 saturated heterocycles. The minimum absolute atomic E-state index is 0.491. The van der Waals surface area contributed by atoms with E-state index in [4.69, 9.17) is 11.0 Å². The highest BCUT2D eigenvalue weighted by Gasteiger charge is 2.29. The second-order valence-corrected chi connectivity index (χ2v) is 4.18. The quantitative estimate of drug-likeness (QED) is 0.835. The first kappa shape index (κ1) is 11.0. The highest BCUT2D eigenvalue weighted by molar-refractivity contribution is 5.61. The minimum Gasteiger partial charge on any atom is -0.368 e. The lowest BCUT2D eigenvalue weighted by Crippen LogP contribution is -2.25. The molecule has 0 atom stereocenters. The van der Waals surface area contributed by atoms with Crippen LogP contribution in [0.15, 0.2) is 18.2 Å². The van der Waals surface area contributed by atoms with Crippen molar-refractivity contribution in [2.45, 2.75) is 32.4 Å². The van der Waals surface area contributed by atoms with Crippen molar-refractivity contribution in [2.75, 3.05) is 11.4 Å². The fourth-order valence-corrected chi connectivity index (χ4v) is 2.06. The van der Waals surface area contributed by atoms with Crippen molar-refractivity contribution in [3.05, 3.63) is 29.3 Å². The van der Waals surface area contributed by atoms with Gasteiger partial charge in [-0.2, -0.15) is 5.26 Å². The molecule has 0 aromatic heterocycles. The highest BCUT2D eigenvalue weighted by atomic mass is 15.2. The smallest absolute Gasteiger partial charge is 0.101 e. The summed E-state index contributed by atoms with van der Waals surface area (Å²) < 4.78 is 0. The number of hydrogen-bond donors (Lipinski definition) is 1. The van der Waals surface area contributed by atoms with Gasteiger partial charge in [0.2, 0.25) is 0 Å². The zero-order valence-electron chi connectivity index (χ0n) is 9.61. The summed E-state index contributed by atoms with van der Waals surface area (Å²) in [7, 11) is 0. The van der Waals surface area contributed by atoms with Gasteiger partial charge in [0, 0.05) is 19.1 Å². The molecule has 0 heterocycles. The SMILES string of the molecule is CCN(c1ccc(CN)cc1C#N)C1CC1. The standard InChI is InChI=1S/C13H17N3/c1-2-16(12-4-5-12)13-6-3-10(8-14)7-11(13)9-15/h3,6-7,12H,2,4-5,8,14H2,1H3. The van der Waals surface area contributed by atoms with Gasteiger partial charge in [0.15, 0.2) is 0 Å². The average molecular weight is 215 g/mol. The lowest BCUT2D eigenvalue weighted by atomic mass is 10.1. The van der Waals surface area contributed by atoms with E-state index in [1.54, 1.807) is 0 Å². The van der Waals surface area contributed by atoms with Crippen LogP contribution in [-0.2, 0) is 6.54 Å². The number of nitriles is 1. The molecule has 1 aliphatic rings. The molecular formula is C13H17N3. The Morgan fingerprint density at radius 3 is 2.75 bits per heavy atom. The molecule has 0 bridgehead atoms. The molecule has 84 valence electrons. The van der Waals surface area contributed by atoms with Gasteiger partial charge >= 0.3 is 0 Å². The largest absolute Gasteiger partial charge is 0.368 e. The van der Waals surface area contributed by atoms with E-state index in [0.29, 0.717) is 12.6 Å². The predicted octanol–water partition coefficient (Wildman–Crippen LogP) is 2.01. The molecule has 16 heavy (non-hydrogen) atoms. The van der Waals surface area contributed by atoms with E-state index in [1.165, 1.54) is 12.8 Å². The van der Waals surface area contributed by atoms with Gasteiger partial charge in [0.05, 0.1) is 11.3 Å². The third-order valence-electron chi connectivity index (χ3n) is 3.05. The first-order valence-electron chi connectivity index (χ1n) is 5.80. The van der Waals surface area contributed by atoms with E-state index in [1.807, 2.05) is 18.2 Å². The van der Waals surface area contributed by atoms with Gasteiger partial charge in [-0.1, -0.05) is 6.07 Å². The van der Waals surface area contributed by atoms with Gasteiger partial charge in [0.1, 0.15) is 6.07 Å². The van der Waals surface area contributed by atoms with Crippen LogP contribution in [0, 0.1) is 11.3 Å². The molecule has 3 nitrogen and oxygen atoms in total. The summed E-state index contributed by atoms with van der Waals surface area (Å²) >= 11 is 0. The van der Waals surface area contributed by atoms with Gasteiger partial charge in [-0.05, 0) is 37.5 Å². The van der Waals surface area contributed by atoms with Crippen molar-refractivity contribution in [3.8, 4) is 6.07 Å². The molecule has 1 fully saturated rings. The number of nitrogens with two attached hydrogens (primary N) is 1. The molecule has 0 spiro atoms. The van der Waals surface area contributed by atoms with Crippen LogP contribution in [0.4, 0.5) is 5.69 Å². The maximum absolute atomic E-state index is 9.17. The topological polar surface area (TPSA) is 53.0 Å². The molecule has 2 N–H and O–H groups in total. The molecule has 0 radical (unpaired) electrons. The summed E-state index contributed by atoms with van der Waals surface area (Å²) in [6.45, 7) is 3.59.